The molecule has 7 heavy (non-hydrogen) atoms. The third-order valence-electron chi connectivity index (χ3n) is 0. The van der Waals surface area contributed by atoms with Crippen LogP contribution >= 0.6 is 0 Å². The summed E-state index contributed by atoms with van der Waals surface area (Å²) in [4.78, 5) is 0. The van der Waals surface area contributed by atoms with Gasteiger partial charge in [-0.2, -0.15) is 0 Å². The first kappa shape index (κ1) is 10.3. The van der Waals surface area contributed by atoms with E-state index >= 15 is 0 Å². The molecule has 3 N–H and O–H groups in total. The molecular weight excluding hydrogens is 160 g/mol. The van der Waals surface area contributed by atoms with Crippen LogP contribution in [0.1, 0.15) is 0 Å². The minimum atomic E-state index is -2.17. The van der Waals surface area contributed by atoms with E-state index in [4.69, 9.17) is 15.1 Å². The molecule has 0 unspecified atom stereocenters. The van der Waals surface area contributed by atoms with Gasteiger partial charge in [0.05, 0.1) is 0 Å². The molecule has 0 aliphatic rings. The molecule has 0 heterocycles. The van der Waals surface area contributed by atoms with E-state index in [1.54, 1.807) is 0 Å². The zero-order chi connectivity index (χ0) is 6.28. The summed E-state index contributed by atoms with van der Waals surface area (Å²) in [7, 11) is -2.17. The van der Waals surface area contributed by atoms with Gasteiger partial charge in [0.1, 0.15) is 0 Å². The van der Waals surface area contributed by atoms with E-state index in [2.05, 4.69) is 0 Å². The molecule has 0 saturated carbocycles. The molecule has 0 aliphatic carbocycles. The van der Waals surface area contributed by atoms with Gasteiger partial charge in [0.15, 0.2) is 0 Å². The number of rotatable bonds is 0. The van der Waals surface area contributed by atoms with Crippen molar-refractivity contribution in [2.75, 3.05) is 0 Å². The van der Waals surface area contributed by atoms with Gasteiger partial charge in [0, 0.05) is 0 Å². The molecule has 0 aromatic carbocycles. The first-order valence-electron chi connectivity index (χ1n) is 1.00. The molecule has 0 amide bonds. The summed E-state index contributed by atoms with van der Waals surface area (Å²) >= 11 is -1.19. The molecule has 0 saturated heterocycles. The van der Waals surface area contributed by atoms with Crippen molar-refractivity contribution in [3.05, 3.63) is 0 Å². The van der Waals surface area contributed by atoms with E-state index in [-0.39, 0.29) is 0 Å². The summed E-state index contributed by atoms with van der Waals surface area (Å²) in [6.07, 6.45) is 0. The summed E-state index contributed by atoms with van der Waals surface area (Å²) in [5.41, 5.74) is 0. The summed E-state index contributed by atoms with van der Waals surface area (Å²) in [6, 6.07) is 0. The standard InChI is InChI=1S/BH3O3.Cu.2FH/c2-1(3)4;;;/h2-4H;;2*1H/q;+2;;/p-2. The monoisotopic (exact) mass is 163 g/mol. The fourth-order valence-electron chi connectivity index (χ4n) is 0. The van der Waals surface area contributed by atoms with Gasteiger partial charge < -0.3 is 15.1 Å². The summed E-state index contributed by atoms with van der Waals surface area (Å²) in [5.74, 6) is 0. The van der Waals surface area contributed by atoms with E-state index in [1.165, 1.54) is 0 Å². The molecule has 0 spiro atoms. The van der Waals surface area contributed by atoms with Gasteiger partial charge >= 0.3 is 30.3 Å². The molecule has 0 atom stereocenters. The summed E-state index contributed by atoms with van der Waals surface area (Å²) < 4.78 is 19.1. The van der Waals surface area contributed by atoms with Crippen molar-refractivity contribution in [2.24, 2.45) is 0 Å². The van der Waals surface area contributed by atoms with Crippen LogP contribution in [-0.4, -0.2) is 22.4 Å². The zero-order valence-corrected chi connectivity index (χ0v) is 3.92. The van der Waals surface area contributed by atoms with Gasteiger partial charge in [-0.05, 0) is 0 Å². The third-order valence-corrected chi connectivity index (χ3v) is 0. The Hall–Kier alpha value is 0.324. The molecule has 0 bridgehead atoms. The van der Waals surface area contributed by atoms with E-state index in [1.807, 2.05) is 0 Å². The molecule has 3 nitrogen and oxygen atoms in total. The van der Waals surface area contributed by atoms with Crippen LogP contribution in [0.3, 0.4) is 0 Å². The molecule has 49 valence electrons. The Bertz CT molecular complexity index is 24.1. The Morgan fingerprint density at radius 3 is 1.14 bits per heavy atom. The van der Waals surface area contributed by atoms with Crippen molar-refractivity contribution >= 4 is 7.32 Å². The van der Waals surface area contributed by atoms with Gasteiger partial charge in [0.2, 0.25) is 0 Å². The topological polar surface area (TPSA) is 60.7 Å². The first-order chi connectivity index (χ1) is 3.15. The molecule has 7 heteroatoms. The van der Waals surface area contributed by atoms with Crippen molar-refractivity contribution < 1.29 is 38.0 Å². The first-order valence-corrected chi connectivity index (χ1v) is 1.71. The average Bonchev–Trinajstić information content (AvgIpc) is 1.33. The van der Waals surface area contributed by atoms with Crippen LogP contribution in [0.2, 0.25) is 0 Å². The molecule has 0 aliphatic heterocycles. The fourth-order valence-corrected chi connectivity index (χ4v) is 0. The Kier molecular flexibility index (Phi) is 14.2. The summed E-state index contributed by atoms with van der Waals surface area (Å²) in [6.45, 7) is 0. The van der Waals surface area contributed by atoms with Crippen molar-refractivity contribution in [1.82, 2.24) is 0 Å². The third kappa shape index (κ3) is 1120. The van der Waals surface area contributed by atoms with E-state index in [0.29, 0.717) is 0 Å². The maximum absolute atomic E-state index is 9.53. The molecule has 0 aromatic rings. The number of hydrogen-bond acceptors (Lipinski definition) is 3. The van der Waals surface area contributed by atoms with Crippen LogP contribution in [0, 0.1) is 0 Å². The van der Waals surface area contributed by atoms with Gasteiger partial charge in [-0.1, -0.05) is 0 Å². The van der Waals surface area contributed by atoms with Gasteiger partial charge in [-0.15, -0.1) is 0 Å². The van der Waals surface area contributed by atoms with Crippen LogP contribution in [0.15, 0.2) is 0 Å². The predicted molar refractivity (Wildman–Crippen MR) is 14.6 cm³/mol. The molecule has 0 fully saturated rings. The van der Waals surface area contributed by atoms with Crippen LogP contribution in [0.4, 0.5) is 7.10 Å². The molecule has 0 aromatic heterocycles. The SMILES string of the molecule is OB(O)O.[F][Cu][F]. The van der Waals surface area contributed by atoms with Crippen molar-refractivity contribution in [1.29, 1.82) is 0 Å². The maximum atomic E-state index is 9.53. The number of halogens is 2. The van der Waals surface area contributed by atoms with Crippen LogP contribution in [-0.2, 0) is 15.9 Å². The Morgan fingerprint density at radius 2 is 1.14 bits per heavy atom. The van der Waals surface area contributed by atoms with E-state index < -0.39 is 23.2 Å². The second-order valence-electron chi connectivity index (χ2n) is 0.389. The molecular formula is H3BCuF2O3. The average molecular weight is 163 g/mol. The Morgan fingerprint density at radius 1 is 1.14 bits per heavy atom. The quantitative estimate of drug-likeness (QED) is 0.393. The molecule has 0 radical (unpaired) electrons. The van der Waals surface area contributed by atoms with Crippen molar-refractivity contribution in [2.45, 2.75) is 0 Å². The van der Waals surface area contributed by atoms with Crippen molar-refractivity contribution in [3.63, 3.8) is 0 Å². The van der Waals surface area contributed by atoms with Gasteiger partial charge in [0.25, 0.3) is 0 Å². The zero-order valence-electron chi connectivity index (χ0n) is 2.98. The minimum absolute atomic E-state index is 1.19. The summed E-state index contributed by atoms with van der Waals surface area (Å²) in [5, 5.41) is 21.5. The number of hydrogen-bond donors (Lipinski definition) is 3. The molecule has 0 rings (SSSR count). The van der Waals surface area contributed by atoms with Crippen LogP contribution in [0.5, 0.6) is 0 Å². The van der Waals surface area contributed by atoms with Gasteiger partial charge in [-0.3, -0.25) is 0 Å². The van der Waals surface area contributed by atoms with E-state index in [9.17, 15) is 7.10 Å². The second-order valence-corrected chi connectivity index (χ2v) is 0.524. The van der Waals surface area contributed by atoms with Crippen LogP contribution < -0.4 is 0 Å². The second kappa shape index (κ2) is 9.59. The normalized spacial score (nSPS) is 7.00. The van der Waals surface area contributed by atoms with E-state index in [0.717, 1.165) is 0 Å². The van der Waals surface area contributed by atoms with Crippen LogP contribution in [0.25, 0.3) is 0 Å². The Balaban J connectivity index is 0. The fraction of sp³-hybridized carbons (Fsp3) is 0. The van der Waals surface area contributed by atoms with Gasteiger partial charge in [-0.25, -0.2) is 0 Å². The predicted octanol–water partition coefficient (Wildman–Crippen LogP) is -1.21. The Labute approximate surface area is 46.2 Å². The van der Waals surface area contributed by atoms with Crippen molar-refractivity contribution in [3.8, 4) is 0 Å².